The summed E-state index contributed by atoms with van der Waals surface area (Å²) >= 11 is 0. The Morgan fingerprint density at radius 1 is 1.35 bits per heavy atom. The number of benzene rings is 1. The lowest BCUT2D eigenvalue weighted by Gasteiger charge is -2.40. The van der Waals surface area contributed by atoms with Gasteiger partial charge < -0.3 is 10.0 Å². The predicted octanol–water partition coefficient (Wildman–Crippen LogP) is 2.44. The molecule has 1 aromatic carbocycles. The highest BCUT2D eigenvalue weighted by atomic mass is 16.4. The molecule has 0 saturated heterocycles. The molecule has 0 radical (unpaired) electrons. The lowest BCUT2D eigenvalue weighted by atomic mass is 9.90. The van der Waals surface area contributed by atoms with Crippen molar-refractivity contribution < 1.29 is 9.90 Å². The molecule has 1 atom stereocenters. The molecular formula is C14H17NO2. The minimum absolute atomic E-state index is 0.162. The average molecular weight is 231 g/mol. The quantitative estimate of drug-likeness (QED) is 0.868. The van der Waals surface area contributed by atoms with Gasteiger partial charge in [-0.05, 0) is 37.3 Å². The van der Waals surface area contributed by atoms with Crippen molar-refractivity contribution in [3.63, 3.8) is 0 Å². The minimum atomic E-state index is -0.688. The van der Waals surface area contributed by atoms with Crippen LogP contribution in [0.25, 0.3) is 0 Å². The molecule has 17 heavy (non-hydrogen) atoms. The van der Waals surface area contributed by atoms with Crippen LogP contribution in [0.4, 0.5) is 5.69 Å². The smallest absolute Gasteiger partial charge is 0.305 e. The van der Waals surface area contributed by atoms with Crippen LogP contribution in [0.1, 0.15) is 31.2 Å². The van der Waals surface area contributed by atoms with E-state index < -0.39 is 5.97 Å². The zero-order valence-corrected chi connectivity index (χ0v) is 9.80. The summed E-state index contributed by atoms with van der Waals surface area (Å²) in [6.45, 7) is 0. The van der Waals surface area contributed by atoms with E-state index in [9.17, 15) is 4.79 Å². The number of fused-ring (bicyclic) bond motifs is 1. The second-order valence-electron chi connectivity index (χ2n) is 5.08. The monoisotopic (exact) mass is 231 g/mol. The lowest BCUT2D eigenvalue weighted by Crippen LogP contribution is -2.45. The van der Waals surface area contributed by atoms with E-state index in [1.165, 1.54) is 30.5 Å². The van der Waals surface area contributed by atoms with Gasteiger partial charge in [0.1, 0.15) is 0 Å². The summed E-state index contributed by atoms with van der Waals surface area (Å²) in [5, 5.41) is 9.02. The molecule has 1 unspecified atom stereocenters. The van der Waals surface area contributed by atoms with Crippen molar-refractivity contribution in [3.8, 4) is 0 Å². The molecule has 1 fully saturated rings. The number of hydrogen-bond donors (Lipinski definition) is 1. The van der Waals surface area contributed by atoms with Crippen LogP contribution in [-0.4, -0.2) is 23.2 Å². The Kier molecular flexibility index (Phi) is 2.54. The second-order valence-corrected chi connectivity index (χ2v) is 5.08. The molecule has 2 aliphatic rings. The highest BCUT2D eigenvalue weighted by Crippen LogP contribution is 2.40. The van der Waals surface area contributed by atoms with Gasteiger partial charge in [0.15, 0.2) is 0 Å². The fraction of sp³-hybridized carbons (Fsp3) is 0.500. The Bertz CT molecular complexity index is 440. The third kappa shape index (κ3) is 1.79. The van der Waals surface area contributed by atoms with Crippen LogP contribution in [0, 0.1) is 0 Å². The van der Waals surface area contributed by atoms with Crippen molar-refractivity contribution in [2.75, 3.05) is 4.90 Å². The zero-order chi connectivity index (χ0) is 11.8. The van der Waals surface area contributed by atoms with E-state index in [0.717, 1.165) is 6.42 Å². The maximum atomic E-state index is 11.0. The van der Waals surface area contributed by atoms with Gasteiger partial charge in [-0.25, -0.2) is 0 Å². The summed E-state index contributed by atoms with van der Waals surface area (Å²) in [5.74, 6) is -0.688. The van der Waals surface area contributed by atoms with E-state index in [1.54, 1.807) is 0 Å². The summed E-state index contributed by atoms with van der Waals surface area (Å²) in [7, 11) is 0. The first kappa shape index (κ1) is 10.6. The third-order valence-corrected chi connectivity index (χ3v) is 4.00. The Morgan fingerprint density at radius 3 is 2.76 bits per heavy atom. The van der Waals surface area contributed by atoms with Crippen LogP contribution in [0.3, 0.4) is 0 Å². The first-order valence-electron chi connectivity index (χ1n) is 6.34. The van der Waals surface area contributed by atoms with Crippen LogP contribution in [0.2, 0.25) is 0 Å². The molecule has 1 aromatic rings. The molecule has 3 rings (SSSR count). The number of carboxylic acid groups (broad SMARTS) is 1. The van der Waals surface area contributed by atoms with Crippen molar-refractivity contribution >= 4 is 11.7 Å². The molecule has 1 aliphatic carbocycles. The number of para-hydroxylation sites is 1. The summed E-state index contributed by atoms with van der Waals surface area (Å²) in [6, 6.07) is 9.09. The number of rotatable bonds is 3. The molecule has 1 saturated carbocycles. The molecule has 0 amide bonds. The van der Waals surface area contributed by atoms with Gasteiger partial charge in [-0.15, -0.1) is 0 Å². The highest BCUT2D eigenvalue weighted by molar-refractivity contribution is 5.71. The molecular weight excluding hydrogens is 214 g/mol. The van der Waals surface area contributed by atoms with Crippen LogP contribution in [0.5, 0.6) is 0 Å². The van der Waals surface area contributed by atoms with Gasteiger partial charge >= 0.3 is 5.97 Å². The fourth-order valence-corrected chi connectivity index (χ4v) is 3.02. The maximum Gasteiger partial charge on any atom is 0.305 e. The van der Waals surface area contributed by atoms with Gasteiger partial charge in [0.25, 0.3) is 0 Å². The largest absolute Gasteiger partial charge is 0.481 e. The van der Waals surface area contributed by atoms with E-state index in [0.29, 0.717) is 6.04 Å². The molecule has 3 nitrogen and oxygen atoms in total. The molecule has 1 N–H and O–H groups in total. The summed E-state index contributed by atoms with van der Waals surface area (Å²) < 4.78 is 0. The van der Waals surface area contributed by atoms with Crippen LogP contribution in [0.15, 0.2) is 24.3 Å². The highest BCUT2D eigenvalue weighted by Gasteiger charge is 2.37. The number of aliphatic carboxylic acids is 1. The van der Waals surface area contributed by atoms with Crippen LogP contribution in [-0.2, 0) is 11.2 Å². The van der Waals surface area contributed by atoms with E-state index in [4.69, 9.17) is 5.11 Å². The third-order valence-electron chi connectivity index (χ3n) is 4.00. The van der Waals surface area contributed by atoms with E-state index in [-0.39, 0.29) is 12.5 Å². The van der Waals surface area contributed by atoms with Gasteiger partial charge in [0.2, 0.25) is 0 Å². The van der Waals surface area contributed by atoms with Gasteiger partial charge in [0.05, 0.1) is 6.42 Å². The number of anilines is 1. The van der Waals surface area contributed by atoms with Gasteiger partial charge in [-0.2, -0.15) is 0 Å². The number of hydrogen-bond acceptors (Lipinski definition) is 2. The van der Waals surface area contributed by atoms with E-state index >= 15 is 0 Å². The van der Waals surface area contributed by atoms with Gasteiger partial charge in [0, 0.05) is 17.8 Å². The first-order chi connectivity index (χ1) is 8.25. The maximum absolute atomic E-state index is 11.0. The van der Waals surface area contributed by atoms with Crippen molar-refractivity contribution in [2.24, 2.45) is 0 Å². The van der Waals surface area contributed by atoms with Crippen molar-refractivity contribution in [3.05, 3.63) is 29.8 Å². The topological polar surface area (TPSA) is 40.5 Å². The lowest BCUT2D eigenvalue weighted by molar-refractivity contribution is -0.137. The Hall–Kier alpha value is -1.51. The number of nitrogens with zero attached hydrogens (tertiary/aromatic N) is 1. The van der Waals surface area contributed by atoms with Crippen molar-refractivity contribution in [1.82, 2.24) is 0 Å². The molecule has 0 bridgehead atoms. The Morgan fingerprint density at radius 2 is 2.12 bits per heavy atom. The minimum Gasteiger partial charge on any atom is -0.481 e. The van der Waals surface area contributed by atoms with Crippen LogP contribution < -0.4 is 4.90 Å². The SMILES string of the molecule is O=C(O)CC1Cc2ccccc2N1C1CCC1. The summed E-state index contributed by atoms with van der Waals surface area (Å²) in [5.41, 5.74) is 2.58. The van der Waals surface area contributed by atoms with Crippen molar-refractivity contribution in [2.45, 2.75) is 44.2 Å². The molecule has 1 aliphatic heterocycles. The van der Waals surface area contributed by atoms with Gasteiger partial charge in [-0.1, -0.05) is 18.2 Å². The molecule has 1 heterocycles. The molecule has 3 heteroatoms. The van der Waals surface area contributed by atoms with Crippen molar-refractivity contribution in [1.29, 1.82) is 0 Å². The van der Waals surface area contributed by atoms with E-state index in [1.807, 2.05) is 12.1 Å². The summed E-state index contributed by atoms with van der Waals surface area (Å²) in [4.78, 5) is 13.3. The van der Waals surface area contributed by atoms with E-state index in [2.05, 4.69) is 17.0 Å². The van der Waals surface area contributed by atoms with Gasteiger partial charge in [-0.3, -0.25) is 4.79 Å². The predicted molar refractivity (Wildman–Crippen MR) is 66.3 cm³/mol. The molecule has 90 valence electrons. The zero-order valence-electron chi connectivity index (χ0n) is 9.80. The fourth-order valence-electron chi connectivity index (χ4n) is 3.02. The average Bonchev–Trinajstić information content (AvgIpc) is 2.54. The second kappa shape index (κ2) is 4.06. The Balaban J connectivity index is 1.89. The molecule has 0 aromatic heterocycles. The molecule has 0 spiro atoms. The number of carboxylic acids is 1. The standard InChI is InChI=1S/C14H17NO2/c16-14(17)9-12-8-10-4-1-2-7-13(10)15(12)11-5-3-6-11/h1-2,4,7,11-12H,3,5-6,8-9H2,(H,16,17). The Labute approximate surface area is 101 Å². The normalized spacial score (nSPS) is 23.3. The summed E-state index contributed by atoms with van der Waals surface area (Å²) in [6.07, 6.45) is 4.85. The number of carbonyl (C=O) groups is 1. The first-order valence-corrected chi connectivity index (χ1v) is 6.34. The van der Waals surface area contributed by atoms with Crippen LogP contribution >= 0.6 is 0 Å².